The first-order valence-corrected chi connectivity index (χ1v) is 7.76. The summed E-state index contributed by atoms with van der Waals surface area (Å²) in [6.45, 7) is 3.58. The molecule has 0 bridgehead atoms. The van der Waals surface area contributed by atoms with Crippen LogP contribution >= 0.6 is 22.9 Å². The maximum absolute atomic E-state index is 12.0. The second kappa shape index (κ2) is 6.93. The van der Waals surface area contributed by atoms with Gasteiger partial charge in [0.25, 0.3) is 0 Å². The fourth-order valence-electron chi connectivity index (χ4n) is 1.87. The van der Waals surface area contributed by atoms with Gasteiger partial charge in [-0.15, -0.1) is 11.3 Å². The summed E-state index contributed by atoms with van der Waals surface area (Å²) in [4.78, 5) is 13.0. The zero-order valence-corrected chi connectivity index (χ0v) is 13.3. The Morgan fingerprint density at radius 2 is 2.05 bits per heavy atom. The van der Waals surface area contributed by atoms with E-state index in [1.807, 2.05) is 25.1 Å². The minimum Gasteiger partial charge on any atom is -0.389 e. The van der Waals surface area contributed by atoms with Crippen LogP contribution in [-0.2, 0) is 0 Å². The number of hydrogen-bond donors (Lipinski definition) is 3. The lowest BCUT2D eigenvalue weighted by Crippen LogP contribution is -2.30. The van der Waals surface area contributed by atoms with Gasteiger partial charge in [0.2, 0.25) is 0 Å². The number of anilines is 1. The Kier molecular flexibility index (Phi) is 5.22. The van der Waals surface area contributed by atoms with Crippen LogP contribution in [0.3, 0.4) is 0 Å². The minimum atomic E-state index is -0.568. The molecule has 0 fully saturated rings. The van der Waals surface area contributed by atoms with Crippen LogP contribution in [0.1, 0.15) is 36.4 Å². The molecule has 0 radical (unpaired) electrons. The van der Waals surface area contributed by atoms with Gasteiger partial charge in [0.15, 0.2) is 0 Å². The van der Waals surface area contributed by atoms with Crippen LogP contribution in [0.4, 0.5) is 10.5 Å². The van der Waals surface area contributed by atoms with Crippen LogP contribution < -0.4 is 10.6 Å². The number of carbonyl (C=O) groups excluding carboxylic acids is 1. The SMILES string of the molecule is CC(O)c1cccc(NC(=O)NC(C)c2ccc(Cl)s2)c1. The van der Waals surface area contributed by atoms with Gasteiger partial charge in [0.05, 0.1) is 16.5 Å². The smallest absolute Gasteiger partial charge is 0.319 e. The first kappa shape index (κ1) is 15.8. The zero-order valence-electron chi connectivity index (χ0n) is 11.8. The molecule has 0 aliphatic heterocycles. The van der Waals surface area contributed by atoms with Gasteiger partial charge in [-0.1, -0.05) is 23.7 Å². The fourth-order valence-corrected chi connectivity index (χ4v) is 2.94. The summed E-state index contributed by atoms with van der Waals surface area (Å²) in [5, 5.41) is 15.1. The van der Waals surface area contributed by atoms with E-state index >= 15 is 0 Å². The predicted octanol–water partition coefficient (Wildman–Crippen LogP) is 4.34. The van der Waals surface area contributed by atoms with Gasteiger partial charge in [-0.25, -0.2) is 4.79 Å². The summed E-state index contributed by atoms with van der Waals surface area (Å²) in [7, 11) is 0. The van der Waals surface area contributed by atoms with Crippen LogP contribution in [-0.4, -0.2) is 11.1 Å². The molecule has 0 aliphatic rings. The van der Waals surface area contributed by atoms with Crippen LogP contribution in [0.25, 0.3) is 0 Å². The molecule has 1 aromatic carbocycles. The third-order valence-corrected chi connectivity index (χ3v) is 4.41. The third kappa shape index (κ3) is 4.46. The number of nitrogens with one attached hydrogen (secondary N) is 2. The molecule has 2 rings (SSSR count). The molecular weight excluding hydrogens is 308 g/mol. The Morgan fingerprint density at radius 3 is 2.67 bits per heavy atom. The van der Waals surface area contributed by atoms with Gasteiger partial charge < -0.3 is 15.7 Å². The van der Waals surface area contributed by atoms with E-state index < -0.39 is 6.10 Å². The zero-order chi connectivity index (χ0) is 15.4. The van der Waals surface area contributed by atoms with Gasteiger partial charge in [-0.05, 0) is 43.7 Å². The average Bonchev–Trinajstić information content (AvgIpc) is 2.85. The number of aliphatic hydroxyl groups is 1. The van der Waals surface area contributed by atoms with Crippen molar-refractivity contribution in [3.8, 4) is 0 Å². The summed E-state index contributed by atoms with van der Waals surface area (Å²) >= 11 is 7.32. The number of amides is 2. The average molecular weight is 325 g/mol. The van der Waals surface area contributed by atoms with Crippen LogP contribution in [0.2, 0.25) is 4.34 Å². The third-order valence-electron chi connectivity index (χ3n) is 3.00. The first-order valence-electron chi connectivity index (χ1n) is 6.56. The lowest BCUT2D eigenvalue weighted by molar-refractivity contribution is 0.199. The van der Waals surface area contributed by atoms with E-state index in [1.54, 1.807) is 25.1 Å². The molecule has 3 N–H and O–H groups in total. The van der Waals surface area contributed by atoms with Crippen molar-refractivity contribution in [2.24, 2.45) is 0 Å². The summed E-state index contributed by atoms with van der Waals surface area (Å²) in [5.74, 6) is 0. The van der Waals surface area contributed by atoms with Crippen molar-refractivity contribution in [1.82, 2.24) is 5.32 Å². The number of carbonyl (C=O) groups is 1. The molecule has 112 valence electrons. The van der Waals surface area contributed by atoms with E-state index in [0.29, 0.717) is 10.0 Å². The summed E-state index contributed by atoms with van der Waals surface area (Å²) in [6, 6.07) is 10.4. The number of rotatable bonds is 4. The van der Waals surface area contributed by atoms with Gasteiger partial charge >= 0.3 is 6.03 Å². The molecule has 0 spiro atoms. The Labute approximate surface area is 132 Å². The molecular formula is C15H17ClN2O2S. The van der Waals surface area contributed by atoms with E-state index in [4.69, 9.17) is 11.6 Å². The molecule has 0 aliphatic carbocycles. The fraction of sp³-hybridized carbons (Fsp3) is 0.267. The molecule has 0 saturated carbocycles. The standard InChI is InChI=1S/C15H17ClN2O2S/c1-9(13-6-7-14(16)21-13)17-15(20)18-12-5-3-4-11(8-12)10(2)19/h3-10,19H,1-2H3,(H2,17,18,20). The van der Waals surface area contributed by atoms with E-state index in [0.717, 1.165) is 10.4 Å². The number of halogens is 1. The number of benzene rings is 1. The van der Waals surface area contributed by atoms with Gasteiger partial charge in [-0.2, -0.15) is 0 Å². The van der Waals surface area contributed by atoms with Crippen LogP contribution in [0.15, 0.2) is 36.4 Å². The molecule has 1 aromatic heterocycles. The topological polar surface area (TPSA) is 61.4 Å². The number of hydrogen-bond acceptors (Lipinski definition) is 3. The Hall–Kier alpha value is -1.56. The van der Waals surface area contributed by atoms with Crippen molar-refractivity contribution >= 4 is 34.7 Å². The highest BCUT2D eigenvalue weighted by molar-refractivity contribution is 7.16. The predicted molar refractivity (Wildman–Crippen MR) is 87.0 cm³/mol. The summed E-state index contributed by atoms with van der Waals surface area (Å²) < 4.78 is 0.698. The molecule has 2 atom stereocenters. The van der Waals surface area contributed by atoms with Crippen molar-refractivity contribution < 1.29 is 9.90 Å². The van der Waals surface area contributed by atoms with Gasteiger partial charge in [-0.3, -0.25) is 0 Å². The Bertz CT molecular complexity index is 628. The minimum absolute atomic E-state index is 0.123. The molecule has 0 saturated heterocycles. The van der Waals surface area contributed by atoms with Crippen LogP contribution in [0.5, 0.6) is 0 Å². The quantitative estimate of drug-likeness (QED) is 0.783. The molecule has 2 amide bonds. The monoisotopic (exact) mass is 324 g/mol. The molecule has 21 heavy (non-hydrogen) atoms. The highest BCUT2D eigenvalue weighted by Crippen LogP contribution is 2.26. The molecule has 1 heterocycles. The Morgan fingerprint density at radius 1 is 1.29 bits per heavy atom. The second-order valence-corrected chi connectivity index (χ2v) is 6.51. The highest BCUT2D eigenvalue weighted by Gasteiger charge is 2.12. The lowest BCUT2D eigenvalue weighted by atomic mass is 10.1. The molecule has 2 unspecified atom stereocenters. The van der Waals surface area contributed by atoms with Crippen molar-refractivity contribution in [3.63, 3.8) is 0 Å². The molecule has 6 heteroatoms. The molecule has 2 aromatic rings. The normalized spacial score (nSPS) is 13.5. The van der Waals surface area contributed by atoms with Crippen molar-refractivity contribution in [1.29, 1.82) is 0 Å². The van der Waals surface area contributed by atoms with Crippen LogP contribution in [0, 0.1) is 0 Å². The Balaban J connectivity index is 1.97. The molecule has 4 nitrogen and oxygen atoms in total. The van der Waals surface area contributed by atoms with Crippen molar-refractivity contribution in [2.45, 2.75) is 26.0 Å². The van der Waals surface area contributed by atoms with E-state index in [-0.39, 0.29) is 12.1 Å². The van der Waals surface area contributed by atoms with E-state index in [1.165, 1.54) is 11.3 Å². The number of thiophene rings is 1. The first-order chi connectivity index (χ1) is 9.95. The summed E-state index contributed by atoms with van der Waals surface area (Å²) in [5.41, 5.74) is 1.40. The van der Waals surface area contributed by atoms with Gasteiger partial charge in [0.1, 0.15) is 0 Å². The van der Waals surface area contributed by atoms with Crippen molar-refractivity contribution in [2.75, 3.05) is 5.32 Å². The second-order valence-electron chi connectivity index (χ2n) is 4.76. The largest absolute Gasteiger partial charge is 0.389 e. The lowest BCUT2D eigenvalue weighted by Gasteiger charge is -2.14. The highest BCUT2D eigenvalue weighted by atomic mass is 35.5. The van der Waals surface area contributed by atoms with E-state index in [9.17, 15) is 9.90 Å². The maximum Gasteiger partial charge on any atom is 0.319 e. The maximum atomic E-state index is 12.0. The summed E-state index contributed by atoms with van der Waals surface area (Å²) in [6.07, 6.45) is -0.568. The number of aliphatic hydroxyl groups excluding tert-OH is 1. The van der Waals surface area contributed by atoms with Crippen molar-refractivity contribution in [3.05, 3.63) is 51.2 Å². The van der Waals surface area contributed by atoms with E-state index in [2.05, 4.69) is 10.6 Å². The number of urea groups is 1. The van der Waals surface area contributed by atoms with Gasteiger partial charge in [0, 0.05) is 10.6 Å².